The zero-order chi connectivity index (χ0) is 15.1. The molecule has 1 unspecified atom stereocenters. The molecule has 0 aromatic rings. The minimum absolute atomic E-state index is 0.0121. The van der Waals surface area contributed by atoms with Gasteiger partial charge < -0.3 is 15.5 Å². The molecule has 0 fully saturated rings. The van der Waals surface area contributed by atoms with Crippen molar-refractivity contribution < 1.29 is 15.0 Å². The number of unbranched alkanes of at least 4 members (excludes halogenated alkanes) is 9. The van der Waals surface area contributed by atoms with Crippen molar-refractivity contribution >= 4 is 5.97 Å². The third-order valence-corrected chi connectivity index (χ3v) is 3.65. The van der Waals surface area contributed by atoms with Crippen molar-refractivity contribution in [3.63, 3.8) is 0 Å². The van der Waals surface area contributed by atoms with Crippen LogP contribution in [0.5, 0.6) is 0 Å². The van der Waals surface area contributed by atoms with E-state index in [1.54, 1.807) is 0 Å². The molecular formula is C16H33NO3. The van der Waals surface area contributed by atoms with Gasteiger partial charge in [-0.05, 0) is 6.42 Å². The molecule has 0 amide bonds. The van der Waals surface area contributed by atoms with Crippen molar-refractivity contribution in [2.24, 2.45) is 0 Å². The van der Waals surface area contributed by atoms with E-state index >= 15 is 0 Å². The van der Waals surface area contributed by atoms with E-state index in [0.717, 1.165) is 12.8 Å². The van der Waals surface area contributed by atoms with E-state index in [4.69, 9.17) is 10.2 Å². The van der Waals surface area contributed by atoms with Crippen LogP contribution in [-0.2, 0) is 4.79 Å². The van der Waals surface area contributed by atoms with Gasteiger partial charge in [0.15, 0.2) is 0 Å². The van der Waals surface area contributed by atoms with Crippen molar-refractivity contribution in [2.75, 3.05) is 13.2 Å². The van der Waals surface area contributed by atoms with Crippen molar-refractivity contribution in [1.82, 2.24) is 5.32 Å². The number of carbonyl (C=O) groups is 1. The molecule has 3 N–H and O–H groups in total. The first-order valence-corrected chi connectivity index (χ1v) is 8.29. The molecule has 0 aromatic carbocycles. The third kappa shape index (κ3) is 12.4. The average Bonchev–Trinajstić information content (AvgIpc) is 2.43. The predicted octanol–water partition coefficient (Wildman–Crippen LogP) is 3.33. The number of aliphatic carboxylic acids is 1. The van der Waals surface area contributed by atoms with Gasteiger partial charge in [0.1, 0.15) is 6.04 Å². The maximum atomic E-state index is 11.0. The Morgan fingerprint density at radius 1 is 0.950 bits per heavy atom. The molecule has 0 saturated carbocycles. The minimum atomic E-state index is -0.811. The number of rotatable bonds is 15. The lowest BCUT2D eigenvalue weighted by molar-refractivity contribution is -0.139. The Hall–Kier alpha value is -0.610. The number of aliphatic hydroxyl groups excluding tert-OH is 1. The molecule has 0 saturated heterocycles. The van der Waals surface area contributed by atoms with Crippen LogP contribution < -0.4 is 5.32 Å². The highest BCUT2D eigenvalue weighted by Gasteiger charge is 2.15. The maximum Gasteiger partial charge on any atom is 0.320 e. The molecule has 4 heteroatoms. The summed E-state index contributed by atoms with van der Waals surface area (Å²) in [5.74, 6) is -0.811. The van der Waals surface area contributed by atoms with Crippen molar-refractivity contribution in [3.8, 4) is 0 Å². The smallest absolute Gasteiger partial charge is 0.320 e. The summed E-state index contributed by atoms with van der Waals surface area (Å²) in [4.78, 5) is 11.0. The highest BCUT2D eigenvalue weighted by molar-refractivity contribution is 5.73. The number of carboxylic acid groups (broad SMARTS) is 1. The average molecular weight is 287 g/mol. The van der Waals surface area contributed by atoms with Gasteiger partial charge in [0, 0.05) is 6.54 Å². The van der Waals surface area contributed by atoms with Gasteiger partial charge in [-0.15, -0.1) is 0 Å². The molecule has 0 aliphatic heterocycles. The Kier molecular flexibility index (Phi) is 14.3. The van der Waals surface area contributed by atoms with E-state index in [-0.39, 0.29) is 6.61 Å². The van der Waals surface area contributed by atoms with Gasteiger partial charge in [0.25, 0.3) is 0 Å². The highest BCUT2D eigenvalue weighted by atomic mass is 16.4. The van der Waals surface area contributed by atoms with Gasteiger partial charge in [-0.1, -0.05) is 71.1 Å². The molecule has 0 aromatic heterocycles. The predicted molar refractivity (Wildman–Crippen MR) is 83.0 cm³/mol. The molecule has 4 nitrogen and oxygen atoms in total. The number of aliphatic hydroxyl groups is 1. The summed E-state index contributed by atoms with van der Waals surface area (Å²) in [5, 5.41) is 20.5. The third-order valence-electron chi connectivity index (χ3n) is 3.65. The van der Waals surface area contributed by atoms with Crippen LogP contribution in [-0.4, -0.2) is 35.4 Å². The van der Waals surface area contributed by atoms with Gasteiger partial charge in [-0.3, -0.25) is 4.79 Å². The summed E-state index contributed by atoms with van der Waals surface area (Å²) < 4.78 is 0. The Morgan fingerprint density at radius 2 is 1.45 bits per heavy atom. The first-order chi connectivity index (χ1) is 9.72. The second-order valence-electron chi connectivity index (χ2n) is 5.54. The molecule has 0 rings (SSSR count). The Balaban J connectivity index is 3.34. The van der Waals surface area contributed by atoms with Crippen LogP contribution in [0.3, 0.4) is 0 Å². The molecule has 0 aliphatic carbocycles. The van der Waals surface area contributed by atoms with E-state index in [2.05, 4.69) is 12.2 Å². The topological polar surface area (TPSA) is 69.6 Å². The molecule has 0 aliphatic rings. The lowest BCUT2D eigenvalue weighted by Gasteiger charge is -2.13. The number of hydrogen-bond donors (Lipinski definition) is 3. The lowest BCUT2D eigenvalue weighted by Crippen LogP contribution is -2.38. The summed E-state index contributed by atoms with van der Waals surface area (Å²) in [5.41, 5.74) is 0. The van der Waals surface area contributed by atoms with Crippen LogP contribution in [0.4, 0.5) is 0 Å². The van der Waals surface area contributed by atoms with Gasteiger partial charge in [0.2, 0.25) is 0 Å². The fourth-order valence-electron chi connectivity index (χ4n) is 2.39. The fraction of sp³-hybridized carbons (Fsp3) is 0.938. The summed E-state index contributed by atoms with van der Waals surface area (Å²) >= 11 is 0. The molecule has 0 radical (unpaired) electrons. The SMILES string of the molecule is CCCCCCCCCCCCC(NCCO)C(=O)O. The van der Waals surface area contributed by atoms with Gasteiger partial charge >= 0.3 is 5.97 Å². The first-order valence-electron chi connectivity index (χ1n) is 8.29. The lowest BCUT2D eigenvalue weighted by atomic mass is 10.0. The van der Waals surface area contributed by atoms with Crippen LogP contribution in [0, 0.1) is 0 Å². The van der Waals surface area contributed by atoms with E-state index in [1.165, 1.54) is 51.4 Å². The number of carboxylic acids is 1. The first kappa shape index (κ1) is 19.4. The molecule has 0 heterocycles. The summed E-state index contributed by atoms with van der Waals surface area (Å²) in [6, 6.07) is -0.504. The van der Waals surface area contributed by atoms with E-state index in [9.17, 15) is 4.79 Å². The largest absolute Gasteiger partial charge is 0.480 e. The van der Waals surface area contributed by atoms with Crippen LogP contribution >= 0.6 is 0 Å². The summed E-state index contributed by atoms with van der Waals surface area (Å²) in [6.07, 6.45) is 13.2. The van der Waals surface area contributed by atoms with Crippen LogP contribution in [0.1, 0.15) is 77.6 Å². The van der Waals surface area contributed by atoms with Gasteiger partial charge in [-0.2, -0.15) is 0 Å². The maximum absolute atomic E-state index is 11.0. The molecule has 0 spiro atoms. The molecule has 20 heavy (non-hydrogen) atoms. The monoisotopic (exact) mass is 287 g/mol. The van der Waals surface area contributed by atoms with Crippen molar-refractivity contribution in [3.05, 3.63) is 0 Å². The summed E-state index contributed by atoms with van der Waals surface area (Å²) in [7, 11) is 0. The quantitative estimate of drug-likeness (QED) is 0.404. The van der Waals surface area contributed by atoms with Crippen molar-refractivity contribution in [1.29, 1.82) is 0 Å². The molecule has 120 valence electrons. The number of nitrogens with one attached hydrogen (secondary N) is 1. The van der Waals surface area contributed by atoms with Gasteiger partial charge in [-0.25, -0.2) is 0 Å². The molecule has 1 atom stereocenters. The van der Waals surface area contributed by atoms with Crippen LogP contribution in [0.2, 0.25) is 0 Å². The standard InChI is InChI=1S/C16H33NO3/c1-2-3-4-5-6-7-8-9-10-11-12-15(16(19)20)17-13-14-18/h15,17-18H,2-14H2,1H3,(H,19,20). The fourth-order valence-corrected chi connectivity index (χ4v) is 2.39. The second kappa shape index (κ2) is 14.8. The normalized spacial score (nSPS) is 12.5. The number of hydrogen-bond acceptors (Lipinski definition) is 3. The minimum Gasteiger partial charge on any atom is -0.480 e. The second-order valence-corrected chi connectivity index (χ2v) is 5.54. The Morgan fingerprint density at radius 3 is 1.90 bits per heavy atom. The van der Waals surface area contributed by atoms with Gasteiger partial charge in [0.05, 0.1) is 6.61 Å². The van der Waals surface area contributed by atoms with Crippen molar-refractivity contribution in [2.45, 2.75) is 83.6 Å². The zero-order valence-electron chi connectivity index (χ0n) is 13.1. The summed E-state index contributed by atoms with van der Waals surface area (Å²) in [6.45, 7) is 2.58. The molecule has 0 bridgehead atoms. The van der Waals surface area contributed by atoms with E-state index in [1.807, 2.05) is 0 Å². The Bertz CT molecular complexity index is 222. The van der Waals surface area contributed by atoms with E-state index < -0.39 is 12.0 Å². The van der Waals surface area contributed by atoms with Crippen LogP contribution in [0.15, 0.2) is 0 Å². The Labute approximate surface area is 124 Å². The molecular weight excluding hydrogens is 254 g/mol. The van der Waals surface area contributed by atoms with Crippen LogP contribution in [0.25, 0.3) is 0 Å². The zero-order valence-corrected chi connectivity index (χ0v) is 13.1. The van der Waals surface area contributed by atoms with E-state index in [0.29, 0.717) is 13.0 Å². The highest BCUT2D eigenvalue weighted by Crippen LogP contribution is 2.12.